The number of nitrogens with one attached hydrogen (secondary N) is 1. The number of halogens is 1. The van der Waals surface area contributed by atoms with Gasteiger partial charge in [-0.25, -0.2) is 9.37 Å². The molecule has 0 atom stereocenters. The third-order valence-corrected chi connectivity index (χ3v) is 6.75. The van der Waals surface area contributed by atoms with Gasteiger partial charge < -0.3 is 5.32 Å². The Morgan fingerprint density at radius 2 is 1.85 bits per heavy atom. The van der Waals surface area contributed by atoms with Crippen molar-refractivity contribution in [2.45, 2.75) is 13.3 Å². The first-order valence-corrected chi connectivity index (χ1v) is 11.8. The monoisotopic (exact) mass is 481 g/mol. The van der Waals surface area contributed by atoms with Crippen molar-refractivity contribution >= 4 is 46.2 Å². The lowest BCUT2D eigenvalue weighted by molar-refractivity contribution is -0.124. The largest absolute Gasteiger partial charge is 0.354 e. The Morgan fingerprint density at radius 1 is 1.12 bits per heavy atom. The molecule has 6 nitrogen and oxygen atoms in total. The number of thioether (sulfide) groups is 1. The maximum Gasteiger partial charge on any atom is 0.293 e. The first-order chi connectivity index (χ1) is 15.9. The quantitative estimate of drug-likeness (QED) is 0.497. The summed E-state index contributed by atoms with van der Waals surface area (Å²) >= 11 is 2.30. The Morgan fingerprint density at radius 3 is 2.58 bits per heavy atom. The minimum atomic E-state index is -0.361. The second-order valence-corrected chi connectivity index (χ2v) is 9.56. The number of thiazole rings is 1. The van der Waals surface area contributed by atoms with Crippen LogP contribution in [-0.4, -0.2) is 40.0 Å². The molecule has 0 radical (unpaired) electrons. The van der Waals surface area contributed by atoms with E-state index in [1.165, 1.54) is 23.5 Å². The lowest BCUT2D eigenvalue weighted by atomic mass is 10.1. The Labute approximate surface area is 198 Å². The van der Waals surface area contributed by atoms with Gasteiger partial charge in [-0.05, 0) is 54.6 Å². The molecule has 3 amide bonds. The van der Waals surface area contributed by atoms with E-state index >= 15 is 0 Å². The summed E-state index contributed by atoms with van der Waals surface area (Å²) in [6, 6.07) is 15.3. The number of nitrogens with zero attached hydrogens (tertiary/aromatic N) is 2. The molecule has 1 aliphatic rings. The summed E-state index contributed by atoms with van der Waals surface area (Å²) in [7, 11) is 0. The average molecular weight is 482 g/mol. The summed E-state index contributed by atoms with van der Waals surface area (Å²) in [5.41, 5.74) is 2.24. The molecule has 0 unspecified atom stereocenters. The molecule has 0 aliphatic carbocycles. The molecule has 1 saturated heterocycles. The number of benzene rings is 2. The molecular formula is C24H20FN3O3S2. The van der Waals surface area contributed by atoms with Crippen molar-refractivity contribution < 1.29 is 18.8 Å². The van der Waals surface area contributed by atoms with Crippen LogP contribution in [0.5, 0.6) is 0 Å². The van der Waals surface area contributed by atoms with Crippen LogP contribution in [0.4, 0.5) is 9.18 Å². The van der Waals surface area contributed by atoms with E-state index in [1.807, 2.05) is 37.3 Å². The molecule has 168 valence electrons. The number of carbonyl (C=O) groups excluding carboxylic acids is 3. The van der Waals surface area contributed by atoms with Gasteiger partial charge in [-0.3, -0.25) is 19.3 Å². The average Bonchev–Trinajstić information content (AvgIpc) is 3.28. The van der Waals surface area contributed by atoms with Crippen LogP contribution in [0.1, 0.15) is 15.4 Å². The molecule has 1 fully saturated rings. The Kier molecular flexibility index (Phi) is 7.00. The predicted molar refractivity (Wildman–Crippen MR) is 128 cm³/mol. The van der Waals surface area contributed by atoms with E-state index in [2.05, 4.69) is 10.3 Å². The van der Waals surface area contributed by atoms with Crippen LogP contribution in [0.25, 0.3) is 17.3 Å². The van der Waals surface area contributed by atoms with Gasteiger partial charge in [0.2, 0.25) is 5.91 Å². The molecule has 0 bridgehead atoms. The molecule has 1 aliphatic heterocycles. The Hall–Kier alpha value is -3.30. The number of aryl methyl sites for hydroxylation is 1. The molecule has 9 heteroatoms. The number of rotatable bonds is 7. The zero-order chi connectivity index (χ0) is 23.4. The van der Waals surface area contributed by atoms with Crippen LogP contribution in [0.15, 0.2) is 59.5 Å². The van der Waals surface area contributed by atoms with Gasteiger partial charge in [0.25, 0.3) is 11.1 Å². The van der Waals surface area contributed by atoms with Gasteiger partial charge in [-0.15, -0.1) is 11.3 Å². The molecule has 33 heavy (non-hydrogen) atoms. The third-order valence-electron chi connectivity index (χ3n) is 4.87. The van der Waals surface area contributed by atoms with Crippen molar-refractivity contribution in [3.05, 3.63) is 80.8 Å². The highest BCUT2D eigenvalue weighted by molar-refractivity contribution is 8.18. The van der Waals surface area contributed by atoms with Crippen molar-refractivity contribution in [3.63, 3.8) is 0 Å². The maximum absolute atomic E-state index is 13.2. The van der Waals surface area contributed by atoms with Gasteiger partial charge in [0.15, 0.2) is 0 Å². The zero-order valence-electron chi connectivity index (χ0n) is 17.7. The number of aromatic nitrogens is 1. The van der Waals surface area contributed by atoms with Crippen molar-refractivity contribution in [1.29, 1.82) is 0 Å². The van der Waals surface area contributed by atoms with E-state index in [0.29, 0.717) is 10.6 Å². The lowest BCUT2D eigenvalue weighted by Crippen LogP contribution is -2.37. The van der Waals surface area contributed by atoms with Crippen LogP contribution in [-0.2, 0) is 16.0 Å². The fourth-order valence-corrected chi connectivity index (χ4v) is 5.15. The third kappa shape index (κ3) is 5.55. The van der Waals surface area contributed by atoms with Crippen LogP contribution < -0.4 is 5.32 Å². The second-order valence-electron chi connectivity index (χ2n) is 7.28. The van der Waals surface area contributed by atoms with Crippen molar-refractivity contribution in [1.82, 2.24) is 15.2 Å². The van der Waals surface area contributed by atoms with Gasteiger partial charge in [-0.1, -0.05) is 30.3 Å². The minimum absolute atomic E-state index is 0.0923. The van der Waals surface area contributed by atoms with E-state index in [9.17, 15) is 18.8 Å². The predicted octanol–water partition coefficient (Wildman–Crippen LogP) is 4.65. The standard InChI is InChI=1S/C24H20FN3O3S2/c1-15-27-22(17-7-9-18(25)10-8-17)19(32-15)14-21(29)26-11-12-28-23(30)20(33-24(28)31)13-16-5-3-2-4-6-16/h2-10,13H,11-12,14H2,1H3,(H,26,29)/b20-13+. The zero-order valence-corrected chi connectivity index (χ0v) is 19.3. The van der Waals surface area contributed by atoms with Crippen LogP contribution in [0.3, 0.4) is 0 Å². The van der Waals surface area contributed by atoms with E-state index in [-0.39, 0.29) is 42.4 Å². The highest BCUT2D eigenvalue weighted by Gasteiger charge is 2.34. The van der Waals surface area contributed by atoms with Crippen molar-refractivity contribution in [2.75, 3.05) is 13.1 Å². The van der Waals surface area contributed by atoms with Gasteiger partial charge in [0.1, 0.15) is 5.82 Å². The number of hydrogen-bond acceptors (Lipinski definition) is 6. The molecule has 2 heterocycles. The summed E-state index contributed by atoms with van der Waals surface area (Å²) in [5, 5.41) is 3.22. The van der Waals surface area contributed by atoms with E-state index in [0.717, 1.165) is 37.7 Å². The normalized spacial score (nSPS) is 14.8. The van der Waals surface area contributed by atoms with Crippen LogP contribution in [0.2, 0.25) is 0 Å². The molecule has 2 aromatic carbocycles. The minimum Gasteiger partial charge on any atom is -0.354 e. The van der Waals surface area contributed by atoms with Crippen LogP contribution >= 0.6 is 23.1 Å². The van der Waals surface area contributed by atoms with Gasteiger partial charge in [-0.2, -0.15) is 0 Å². The molecule has 4 rings (SSSR count). The number of imide groups is 1. The van der Waals surface area contributed by atoms with E-state index in [4.69, 9.17) is 0 Å². The first kappa shape index (κ1) is 22.9. The Bertz CT molecular complexity index is 1220. The fraction of sp³-hybridized carbons (Fsp3) is 0.167. The topological polar surface area (TPSA) is 79.4 Å². The molecule has 1 aromatic heterocycles. The lowest BCUT2D eigenvalue weighted by Gasteiger charge is -2.13. The SMILES string of the molecule is Cc1nc(-c2ccc(F)cc2)c(CC(=O)NCCN2C(=O)S/C(=C/c3ccccc3)C2=O)s1. The summed E-state index contributed by atoms with van der Waals surface area (Å²) in [4.78, 5) is 44.1. The molecule has 1 N–H and O–H groups in total. The smallest absolute Gasteiger partial charge is 0.293 e. The van der Waals surface area contributed by atoms with Crippen molar-refractivity contribution in [2.24, 2.45) is 0 Å². The summed E-state index contributed by atoms with van der Waals surface area (Å²) in [6.07, 6.45) is 1.79. The first-order valence-electron chi connectivity index (χ1n) is 10.2. The van der Waals surface area contributed by atoms with Crippen molar-refractivity contribution in [3.8, 4) is 11.3 Å². The number of carbonyl (C=O) groups is 3. The van der Waals surface area contributed by atoms with Gasteiger partial charge in [0.05, 0.1) is 22.0 Å². The number of hydrogen-bond donors (Lipinski definition) is 1. The van der Waals surface area contributed by atoms with Gasteiger partial charge >= 0.3 is 0 Å². The Balaban J connectivity index is 1.34. The molecule has 0 saturated carbocycles. The summed E-state index contributed by atoms with van der Waals surface area (Å²) in [6.45, 7) is 2.09. The maximum atomic E-state index is 13.2. The number of amides is 3. The van der Waals surface area contributed by atoms with E-state index < -0.39 is 0 Å². The summed E-state index contributed by atoms with van der Waals surface area (Å²) < 4.78 is 13.2. The molecular weight excluding hydrogens is 461 g/mol. The second kappa shape index (κ2) is 10.1. The highest BCUT2D eigenvalue weighted by Crippen LogP contribution is 2.32. The van der Waals surface area contributed by atoms with E-state index in [1.54, 1.807) is 18.2 Å². The fourth-order valence-electron chi connectivity index (χ4n) is 3.33. The highest BCUT2D eigenvalue weighted by atomic mass is 32.2. The molecule has 3 aromatic rings. The molecule has 0 spiro atoms. The van der Waals surface area contributed by atoms with Crippen LogP contribution in [0, 0.1) is 12.7 Å². The van der Waals surface area contributed by atoms with Gasteiger partial charge in [0, 0.05) is 23.5 Å². The summed E-state index contributed by atoms with van der Waals surface area (Å²) in [5.74, 6) is -0.940.